The summed E-state index contributed by atoms with van der Waals surface area (Å²) in [5.41, 5.74) is 1.88. The van der Waals surface area contributed by atoms with Crippen molar-refractivity contribution in [2.75, 3.05) is 5.32 Å². The van der Waals surface area contributed by atoms with Crippen LogP contribution in [0.4, 0.5) is 14.5 Å². The van der Waals surface area contributed by atoms with Gasteiger partial charge in [-0.05, 0) is 74.1 Å². The Bertz CT molecular complexity index is 1430. The van der Waals surface area contributed by atoms with Crippen molar-refractivity contribution in [2.45, 2.75) is 26.4 Å². The van der Waals surface area contributed by atoms with E-state index in [4.69, 9.17) is 33.0 Å². The van der Waals surface area contributed by atoms with Gasteiger partial charge in [0.15, 0.2) is 22.3 Å². The fourth-order valence-electron chi connectivity index (χ4n) is 3.17. The summed E-state index contributed by atoms with van der Waals surface area (Å²) >= 11 is 11.3. The molecule has 0 radical (unpaired) electrons. The molecular weight excluding hydrogens is 496 g/mol. The highest BCUT2D eigenvalue weighted by atomic mass is 35.5. The van der Waals surface area contributed by atoms with Crippen molar-refractivity contribution in [2.24, 2.45) is 0 Å². The summed E-state index contributed by atoms with van der Waals surface area (Å²) in [7, 11) is 0. The highest BCUT2D eigenvalue weighted by molar-refractivity contribution is 7.80. The van der Waals surface area contributed by atoms with Crippen molar-refractivity contribution >= 4 is 51.6 Å². The van der Waals surface area contributed by atoms with Crippen LogP contribution >= 0.6 is 23.8 Å². The van der Waals surface area contributed by atoms with Gasteiger partial charge in [0.05, 0.1) is 16.7 Å². The number of amides is 1. The van der Waals surface area contributed by atoms with Gasteiger partial charge in [-0.25, -0.2) is 13.8 Å². The molecule has 35 heavy (non-hydrogen) atoms. The Labute approximate surface area is 210 Å². The van der Waals surface area contributed by atoms with Crippen LogP contribution in [0, 0.1) is 11.6 Å². The monoisotopic (exact) mass is 515 g/mol. The first kappa shape index (κ1) is 24.6. The van der Waals surface area contributed by atoms with Gasteiger partial charge in [0.25, 0.3) is 5.91 Å². The lowest BCUT2D eigenvalue weighted by Crippen LogP contribution is -2.34. The third-order valence-electron chi connectivity index (χ3n) is 5.12. The number of nitrogens with zero attached hydrogens (tertiary/aromatic N) is 1. The molecule has 1 atom stereocenters. The lowest BCUT2D eigenvalue weighted by atomic mass is 10.2. The fourth-order valence-corrected chi connectivity index (χ4v) is 3.61. The van der Waals surface area contributed by atoms with Crippen molar-refractivity contribution in [1.29, 1.82) is 0 Å². The van der Waals surface area contributed by atoms with Gasteiger partial charge in [-0.15, -0.1) is 0 Å². The molecule has 3 aromatic carbocycles. The van der Waals surface area contributed by atoms with Gasteiger partial charge in [-0.3, -0.25) is 10.1 Å². The number of thiocarbonyl (C=S) groups is 1. The molecule has 0 saturated heterocycles. The second-order valence-corrected chi connectivity index (χ2v) is 8.54. The summed E-state index contributed by atoms with van der Waals surface area (Å²) in [5, 5.41) is 5.59. The normalized spacial score (nSPS) is 11.8. The predicted octanol–water partition coefficient (Wildman–Crippen LogP) is 6.73. The minimum Gasteiger partial charge on any atom is -0.491 e. The maximum atomic E-state index is 13.7. The molecule has 2 N–H and O–H groups in total. The van der Waals surface area contributed by atoms with E-state index in [2.05, 4.69) is 15.6 Å². The Hall–Kier alpha value is -3.56. The van der Waals surface area contributed by atoms with E-state index in [0.717, 1.165) is 18.6 Å². The SMILES string of the molecule is CC[C@@H](C)Oc1cccc(C(=O)NC(=S)Nc2ccc3oc(-c4cc(F)c(F)cc4Cl)nc3c2)c1. The molecule has 4 rings (SSSR count). The van der Waals surface area contributed by atoms with Crippen molar-refractivity contribution in [1.82, 2.24) is 10.3 Å². The van der Waals surface area contributed by atoms with Crippen molar-refractivity contribution < 1.29 is 22.7 Å². The molecule has 1 heterocycles. The van der Waals surface area contributed by atoms with Crippen molar-refractivity contribution in [3.05, 3.63) is 76.8 Å². The summed E-state index contributed by atoms with van der Waals surface area (Å²) in [6, 6.07) is 13.5. The van der Waals surface area contributed by atoms with Crippen LogP contribution in [0.5, 0.6) is 5.75 Å². The van der Waals surface area contributed by atoms with Gasteiger partial charge >= 0.3 is 0 Å². The van der Waals surface area contributed by atoms with Crippen LogP contribution in [0.1, 0.15) is 30.6 Å². The molecule has 0 aliphatic carbocycles. The molecule has 0 unspecified atom stereocenters. The van der Waals surface area contributed by atoms with Crippen LogP contribution in [-0.2, 0) is 0 Å². The van der Waals surface area contributed by atoms with E-state index < -0.39 is 17.5 Å². The number of oxazole rings is 1. The summed E-state index contributed by atoms with van der Waals surface area (Å²) in [6.45, 7) is 3.97. The lowest BCUT2D eigenvalue weighted by molar-refractivity contribution is 0.0977. The van der Waals surface area contributed by atoms with Gasteiger partial charge in [-0.2, -0.15) is 0 Å². The number of carbonyl (C=O) groups is 1. The topological polar surface area (TPSA) is 76.4 Å². The third kappa shape index (κ3) is 5.75. The smallest absolute Gasteiger partial charge is 0.257 e. The van der Waals surface area contributed by atoms with E-state index in [1.807, 2.05) is 13.8 Å². The largest absolute Gasteiger partial charge is 0.491 e. The zero-order valence-corrected chi connectivity index (χ0v) is 20.3. The van der Waals surface area contributed by atoms with Gasteiger partial charge in [0.2, 0.25) is 5.89 Å². The molecule has 1 amide bonds. The number of hydrogen-bond acceptors (Lipinski definition) is 5. The maximum absolute atomic E-state index is 13.7. The Morgan fingerprint density at radius 1 is 1.17 bits per heavy atom. The van der Waals surface area contributed by atoms with E-state index in [1.165, 1.54) is 0 Å². The number of hydrogen-bond donors (Lipinski definition) is 2. The van der Waals surface area contributed by atoms with E-state index in [9.17, 15) is 13.6 Å². The van der Waals surface area contributed by atoms with Gasteiger partial charge in [-0.1, -0.05) is 24.6 Å². The highest BCUT2D eigenvalue weighted by Gasteiger charge is 2.16. The number of ether oxygens (including phenoxy) is 1. The first-order chi connectivity index (χ1) is 16.7. The predicted molar refractivity (Wildman–Crippen MR) is 135 cm³/mol. The van der Waals surface area contributed by atoms with Crippen LogP contribution in [-0.4, -0.2) is 22.1 Å². The highest BCUT2D eigenvalue weighted by Crippen LogP contribution is 2.32. The number of nitrogens with one attached hydrogen (secondary N) is 2. The second kappa shape index (κ2) is 10.4. The van der Waals surface area contributed by atoms with Crippen LogP contribution in [0.25, 0.3) is 22.6 Å². The number of benzene rings is 3. The number of rotatable bonds is 6. The Morgan fingerprint density at radius 2 is 1.94 bits per heavy atom. The number of halogens is 3. The Balaban J connectivity index is 1.46. The molecule has 0 fully saturated rings. The molecule has 10 heteroatoms. The molecular formula is C25H20ClF2N3O3S. The molecule has 0 spiro atoms. The maximum Gasteiger partial charge on any atom is 0.257 e. The quantitative estimate of drug-likeness (QED) is 0.219. The Kier molecular flexibility index (Phi) is 7.28. The molecule has 1 aromatic heterocycles. The van der Waals surface area contributed by atoms with Crippen LogP contribution in [0.3, 0.4) is 0 Å². The number of anilines is 1. The molecule has 6 nitrogen and oxygen atoms in total. The zero-order chi connectivity index (χ0) is 25.1. The first-order valence-corrected chi connectivity index (χ1v) is 11.5. The number of fused-ring (bicyclic) bond motifs is 1. The van der Waals surface area contributed by atoms with Gasteiger partial charge in [0, 0.05) is 11.3 Å². The summed E-state index contributed by atoms with van der Waals surface area (Å²) in [4.78, 5) is 16.9. The lowest BCUT2D eigenvalue weighted by Gasteiger charge is -2.14. The molecule has 0 saturated carbocycles. The van der Waals surface area contributed by atoms with Crippen LogP contribution in [0.15, 0.2) is 59.0 Å². The van der Waals surface area contributed by atoms with Crippen molar-refractivity contribution in [3.8, 4) is 17.2 Å². The van der Waals surface area contributed by atoms with Crippen molar-refractivity contribution in [3.63, 3.8) is 0 Å². The molecule has 0 bridgehead atoms. The van der Waals surface area contributed by atoms with Gasteiger partial charge < -0.3 is 14.5 Å². The minimum absolute atomic E-state index is 0.0288. The van der Waals surface area contributed by atoms with E-state index in [1.54, 1.807) is 42.5 Å². The molecule has 4 aromatic rings. The average molecular weight is 516 g/mol. The molecule has 0 aliphatic rings. The zero-order valence-electron chi connectivity index (χ0n) is 18.7. The van der Waals surface area contributed by atoms with E-state index in [0.29, 0.717) is 28.1 Å². The fraction of sp³-hybridized carbons (Fsp3) is 0.160. The summed E-state index contributed by atoms with van der Waals surface area (Å²) < 4.78 is 38.4. The standard InChI is InChI=1S/C25H20ClF2N3O3S/c1-3-13(2)33-16-6-4-5-14(9-16)23(32)31-25(35)29-15-7-8-22-21(10-15)30-24(34-22)17-11-19(27)20(28)12-18(17)26/h4-13H,3H2,1-2H3,(H2,29,31,32,35)/t13-/m1/s1. The summed E-state index contributed by atoms with van der Waals surface area (Å²) in [5.74, 6) is -1.88. The van der Waals surface area contributed by atoms with E-state index >= 15 is 0 Å². The molecule has 0 aliphatic heterocycles. The van der Waals surface area contributed by atoms with E-state index in [-0.39, 0.29) is 27.7 Å². The summed E-state index contributed by atoms with van der Waals surface area (Å²) in [6.07, 6.45) is 0.872. The Morgan fingerprint density at radius 3 is 2.71 bits per heavy atom. The van der Waals surface area contributed by atoms with Crippen LogP contribution < -0.4 is 15.4 Å². The first-order valence-electron chi connectivity index (χ1n) is 10.7. The number of aromatic nitrogens is 1. The number of carbonyl (C=O) groups excluding carboxylic acids is 1. The average Bonchev–Trinajstić information content (AvgIpc) is 3.24. The second-order valence-electron chi connectivity index (χ2n) is 7.72. The van der Waals surface area contributed by atoms with Gasteiger partial charge in [0.1, 0.15) is 11.3 Å². The minimum atomic E-state index is -1.06. The van der Waals surface area contributed by atoms with Crippen LogP contribution in [0.2, 0.25) is 5.02 Å². The molecule has 180 valence electrons. The third-order valence-corrected chi connectivity index (χ3v) is 5.64.